The summed E-state index contributed by atoms with van der Waals surface area (Å²) < 4.78 is 5.73. The molecule has 1 aromatic carbocycles. The predicted octanol–water partition coefficient (Wildman–Crippen LogP) is 3.25. The highest BCUT2D eigenvalue weighted by molar-refractivity contribution is 7.07. The van der Waals surface area contributed by atoms with Crippen molar-refractivity contribution in [3.63, 3.8) is 0 Å². The van der Waals surface area contributed by atoms with Crippen molar-refractivity contribution >= 4 is 22.9 Å². The molecule has 0 unspecified atom stereocenters. The van der Waals surface area contributed by atoms with Crippen LogP contribution in [0.1, 0.15) is 17.5 Å². The summed E-state index contributed by atoms with van der Waals surface area (Å²) in [6, 6.07) is 8.04. The molecule has 98 valence electrons. The van der Waals surface area contributed by atoms with E-state index in [1.165, 1.54) is 11.1 Å². The Labute approximate surface area is 116 Å². The number of nitrogens with one attached hydrogen (secondary N) is 1. The second-order valence-electron chi connectivity index (χ2n) is 4.60. The van der Waals surface area contributed by atoms with Crippen LogP contribution in [0.4, 0.5) is 5.69 Å². The van der Waals surface area contributed by atoms with E-state index in [9.17, 15) is 4.79 Å². The van der Waals surface area contributed by atoms with Gasteiger partial charge in [0.15, 0.2) is 0 Å². The van der Waals surface area contributed by atoms with Crippen molar-refractivity contribution in [3.8, 4) is 5.75 Å². The molecule has 19 heavy (non-hydrogen) atoms. The Morgan fingerprint density at radius 1 is 1.26 bits per heavy atom. The molecule has 0 fully saturated rings. The lowest BCUT2D eigenvalue weighted by atomic mass is 10.0. The molecule has 4 heteroatoms. The van der Waals surface area contributed by atoms with E-state index in [-0.39, 0.29) is 5.91 Å². The van der Waals surface area contributed by atoms with Gasteiger partial charge in [-0.1, -0.05) is 6.07 Å². The number of thiophene rings is 1. The number of hydrogen-bond donors (Lipinski definition) is 1. The van der Waals surface area contributed by atoms with Gasteiger partial charge < -0.3 is 10.1 Å². The second kappa shape index (κ2) is 5.45. The van der Waals surface area contributed by atoms with Crippen LogP contribution < -0.4 is 10.1 Å². The van der Waals surface area contributed by atoms with E-state index < -0.39 is 0 Å². The number of fused-ring (bicyclic) bond motifs is 1. The summed E-state index contributed by atoms with van der Waals surface area (Å²) in [5, 5.41) is 7.10. The number of ether oxygens (including phenoxy) is 1. The third-order valence-electron chi connectivity index (χ3n) is 3.22. The van der Waals surface area contributed by atoms with Gasteiger partial charge in [-0.05, 0) is 40.4 Å². The highest BCUT2D eigenvalue weighted by Gasteiger charge is 2.14. The molecule has 0 bridgehead atoms. The zero-order valence-electron chi connectivity index (χ0n) is 10.5. The molecule has 0 spiro atoms. The maximum atomic E-state index is 11.4. The van der Waals surface area contributed by atoms with Crippen molar-refractivity contribution in [2.45, 2.75) is 19.3 Å². The fourth-order valence-corrected chi connectivity index (χ4v) is 2.87. The van der Waals surface area contributed by atoms with E-state index in [1.807, 2.05) is 18.2 Å². The topological polar surface area (TPSA) is 38.3 Å². The van der Waals surface area contributed by atoms with Crippen LogP contribution in [0.3, 0.4) is 0 Å². The molecule has 2 heterocycles. The number of carbonyl (C=O) groups excluding carboxylic acids is 1. The summed E-state index contributed by atoms with van der Waals surface area (Å²) in [4.78, 5) is 11.4. The van der Waals surface area contributed by atoms with Gasteiger partial charge in [0.1, 0.15) is 5.75 Å². The second-order valence-corrected chi connectivity index (χ2v) is 5.38. The van der Waals surface area contributed by atoms with Crippen LogP contribution in [-0.4, -0.2) is 12.5 Å². The minimum atomic E-state index is 0.0860. The fourth-order valence-electron chi connectivity index (χ4n) is 2.16. The van der Waals surface area contributed by atoms with Gasteiger partial charge in [-0.3, -0.25) is 4.79 Å². The molecule has 0 saturated heterocycles. The van der Waals surface area contributed by atoms with E-state index in [2.05, 4.69) is 22.1 Å². The lowest BCUT2D eigenvalue weighted by Crippen LogP contribution is -2.18. The molecule has 1 aliphatic heterocycles. The van der Waals surface area contributed by atoms with Crippen molar-refractivity contribution in [1.82, 2.24) is 0 Å². The Hall–Kier alpha value is -1.81. The largest absolute Gasteiger partial charge is 0.493 e. The molecule has 0 atom stereocenters. The van der Waals surface area contributed by atoms with Gasteiger partial charge in [0.2, 0.25) is 5.91 Å². The molecule has 0 aliphatic carbocycles. The van der Waals surface area contributed by atoms with Crippen molar-refractivity contribution in [2.75, 3.05) is 11.9 Å². The lowest BCUT2D eigenvalue weighted by Gasteiger charge is -2.17. The summed E-state index contributed by atoms with van der Waals surface area (Å²) >= 11 is 1.70. The molecule has 0 radical (unpaired) electrons. The standard InChI is InChI=1S/C15H15NO2S/c17-15-4-2-12-1-3-13(9-14(12)16-15)18-7-5-11-6-8-19-10-11/h1,3,6,8-10H,2,4-5,7H2,(H,16,17). The maximum Gasteiger partial charge on any atom is 0.224 e. The monoisotopic (exact) mass is 273 g/mol. The Bertz CT molecular complexity index is 578. The highest BCUT2D eigenvalue weighted by atomic mass is 32.1. The number of benzene rings is 1. The quantitative estimate of drug-likeness (QED) is 0.928. The molecule has 1 aliphatic rings. The molecule has 3 rings (SSSR count). The van der Waals surface area contributed by atoms with E-state index in [4.69, 9.17) is 4.74 Å². The van der Waals surface area contributed by atoms with Crippen molar-refractivity contribution in [1.29, 1.82) is 0 Å². The molecule has 1 aromatic heterocycles. The van der Waals surface area contributed by atoms with Crippen molar-refractivity contribution < 1.29 is 9.53 Å². The van der Waals surface area contributed by atoms with E-state index >= 15 is 0 Å². The molecular weight excluding hydrogens is 258 g/mol. The van der Waals surface area contributed by atoms with Gasteiger partial charge >= 0.3 is 0 Å². The molecule has 0 saturated carbocycles. The molecule has 2 aromatic rings. The average molecular weight is 273 g/mol. The van der Waals surface area contributed by atoms with Crippen molar-refractivity contribution in [3.05, 3.63) is 46.2 Å². The third-order valence-corrected chi connectivity index (χ3v) is 3.95. The van der Waals surface area contributed by atoms with Gasteiger partial charge in [0.05, 0.1) is 6.61 Å². The van der Waals surface area contributed by atoms with Gasteiger partial charge in [0, 0.05) is 24.6 Å². The average Bonchev–Trinajstić information content (AvgIpc) is 2.91. The Morgan fingerprint density at radius 3 is 3.05 bits per heavy atom. The molecule has 3 nitrogen and oxygen atoms in total. The maximum absolute atomic E-state index is 11.4. The molecular formula is C15H15NO2S. The SMILES string of the molecule is O=C1CCc2ccc(OCCc3ccsc3)cc2N1. The Balaban J connectivity index is 1.62. The number of aryl methyl sites for hydroxylation is 1. The predicted molar refractivity (Wildman–Crippen MR) is 76.9 cm³/mol. The summed E-state index contributed by atoms with van der Waals surface area (Å²) in [6.07, 6.45) is 2.30. The minimum absolute atomic E-state index is 0.0860. The Kier molecular flexibility index (Phi) is 3.51. The van der Waals surface area contributed by atoms with Crippen LogP contribution in [0.5, 0.6) is 5.75 Å². The first-order chi connectivity index (χ1) is 9.31. The first-order valence-corrected chi connectivity index (χ1v) is 7.32. The van der Waals surface area contributed by atoms with Crippen LogP contribution in [-0.2, 0) is 17.6 Å². The number of carbonyl (C=O) groups is 1. The summed E-state index contributed by atoms with van der Waals surface area (Å²) in [7, 11) is 0. The van der Waals surface area contributed by atoms with Crippen LogP contribution >= 0.6 is 11.3 Å². The third kappa shape index (κ3) is 2.96. The molecule has 1 N–H and O–H groups in total. The highest BCUT2D eigenvalue weighted by Crippen LogP contribution is 2.27. The number of hydrogen-bond acceptors (Lipinski definition) is 3. The van der Waals surface area contributed by atoms with E-state index in [0.717, 1.165) is 24.3 Å². The van der Waals surface area contributed by atoms with Gasteiger partial charge in [-0.15, -0.1) is 0 Å². The van der Waals surface area contributed by atoms with Gasteiger partial charge in [0.25, 0.3) is 0 Å². The number of rotatable bonds is 4. The molecule has 1 amide bonds. The van der Waals surface area contributed by atoms with Crippen molar-refractivity contribution in [2.24, 2.45) is 0 Å². The zero-order valence-corrected chi connectivity index (χ0v) is 11.3. The summed E-state index contributed by atoms with van der Waals surface area (Å²) in [5.74, 6) is 0.902. The first-order valence-electron chi connectivity index (χ1n) is 6.38. The van der Waals surface area contributed by atoms with Crippen LogP contribution in [0, 0.1) is 0 Å². The van der Waals surface area contributed by atoms with E-state index in [0.29, 0.717) is 13.0 Å². The van der Waals surface area contributed by atoms with Gasteiger partial charge in [-0.2, -0.15) is 11.3 Å². The minimum Gasteiger partial charge on any atom is -0.493 e. The normalized spacial score (nSPS) is 13.8. The van der Waals surface area contributed by atoms with Crippen LogP contribution in [0.15, 0.2) is 35.0 Å². The van der Waals surface area contributed by atoms with Crippen LogP contribution in [0.2, 0.25) is 0 Å². The van der Waals surface area contributed by atoms with E-state index in [1.54, 1.807) is 11.3 Å². The number of anilines is 1. The fraction of sp³-hybridized carbons (Fsp3) is 0.267. The summed E-state index contributed by atoms with van der Waals surface area (Å²) in [6.45, 7) is 0.656. The zero-order chi connectivity index (χ0) is 13.1. The van der Waals surface area contributed by atoms with Crippen LogP contribution in [0.25, 0.3) is 0 Å². The van der Waals surface area contributed by atoms with Gasteiger partial charge in [-0.25, -0.2) is 0 Å². The lowest BCUT2D eigenvalue weighted by molar-refractivity contribution is -0.116. The smallest absolute Gasteiger partial charge is 0.224 e. The summed E-state index contributed by atoms with van der Waals surface area (Å²) in [5.41, 5.74) is 3.38. The number of amides is 1. The first kappa shape index (κ1) is 12.2. The Morgan fingerprint density at radius 2 is 2.21 bits per heavy atom.